The van der Waals surface area contributed by atoms with Gasteiger partial charge in [-0.1, -0.05) is 48.5 Å². The second-order valence-electron chi connectivity index (χ2n) is 5.60. The zero-order valence-corrected chi connectivity index (χ0v) is 13.6. The summed E-state index contributed by atoms with van der Waals surface area (Å²) in [7, 11) is 0. The van der Waals surface area contributed by atoms with Gasteiger partial charge in [-0.15, -0.1) is 0 Å². The zero-order chi connectivity index (χ0) is 16.9. The number of aromatic amines is 1. The summed E-state index contributed by atoms with van der Waals surface area (Å²) >= 11 is 0. The molecular weight excluding hydrogens is 308 g/mol. The number of H-pyrrole nitrogens is 1. The molecule has 0 saturated carbocycles. The highest BCUT2D eigenvalue weighted by Crippen LogP contribution is 2.25. The van der Waals surface area contributed by atoms with Crippen molar-refractivity contribution >= 4 is 28.4 Å². The first-order valence-electron chi connectivity index (χ1n) is 8.17. The molecule has 0 saturated heterocycles. The Labute approximate surface area is 146 Å². The van der Waals surface area contributed by atoms with Crippen LogP contribution in [0.5, 0.6) is 0 Å². The van der Waals surface area contributed by atoms with Gasteiger partial charge in [0.15, 0.2) is 0 Å². The summed E-state index contributed by atoms with van der Waals surface area (Å²) in [6.07, 6.45) is 3.88. The third-order valence-corrected chi connectivity index (χ3v) is 3.90. The van der Waals surface area contributed by atoms with Crippen molar-refractivity contribution in [3.8, 4) is 0 Å². The standard InChI is InChI=1S/C21H18N4/c1-3-9-17(10-4-1)25(18-11-5-2-6-12-18)16-15-22-21-23-19-13-7-8-14-20(19)24-21/h1-16H,(H2,22,23,24)/b16-15+. The van der Waals surface area contributed by atoms with Crippen LogP contribution >= 0.6 is 0 Å². The van der Waals surface area contributed by atoms with Crippen molar-refractivity contribution in [2.45, 2.75) is 0 Å². The first-order valence-corrected chi connectivity index (χ1v) is 8.17. The number of fused-ring (bicyclic) bond motifs is 1. The van der Waals surface area contributed by atoms with Gasteiger partial charge < -0.3 is 15.2 Å². The van der Waals surface area contributed by atoms with Crippen LogP contribution in [0, 0.1) is 0 Å². The average Bonchev–Trinajstić information content (AvgIpc) is 3.09. The van der Waals surface area contributed by atoms with Gasteiger partial charge in [0.1, 0.15) is 0 Å². The second-order valence-corrected chi connectivity index (χ2v) is 5.60. The number of hydrogen-bond acceptors (Lipinski definition) is 3. The molecule has 0 aliphatic carbocycles. The predicted molar refractivity (Wildman–Crippen MR) is 104 cm³/mol. The molecule has 4 nitrogen and oxygen atoms in total. The van der Waals surface area contributed by atoms with E-state index in [4.69, 9.17) is 0 Å². The minimum Gasteiger partial charge on any atom is -0.331 e. The van der Waals surface area contributed by atoms with E-state index in [1.54, 1.807) is 0 Å². The highest BCUT2D eigenvalue weighted by Gasteiger charge is 2.05. The lowest BCUT2D eigenvalue weighted by atomic mass is 10.2. The van der Waals surface area contributed by atoms with Gasteiger partial charge in [-0.2, -0.15) is 0 Å². The van der Waals surface area contributed by atoms with Gasteiger partial charge in [-0.05, 0) is 36.4 Å². The van der Waals surface area contributed by atoms with Crippen LogP contribution in [0.15, 0.2) is 97.3 Å². The van der Waals surface area contributed by atoms with Gasteiger partial charge >= 0.3 is 0 Å². The minimum atomic E-state index is 0.721. The average molecular weight is 326 g/mol. The third kappa shape index (κ3) is 3.38. The molecule has 0 amide bonds. The van der Waals surface area contributed by atoms with Gasteiger partial charge in [-0.25, -0.2) is 4.98 Å². The monoisotopic (exact) mass is 326 g/mol. The lowest BCUT2D eigenvalue weighted by Crippen LogP contribution is -2.09. The minimum absolute atomic E-state index is 0.721. The summed E-state index contributed by atoms with van der Waals surface area (Å²) in [5.41, 5.74) is 4.15. The van der Waals surface area contributed by atoms with Crippen molar-refractivity contribution in [2.24, 2.45) is 0 Å². The van der Waals surface area contributed by atoms with Gasteiger partial charge in [0.25, 0.3) is 0 Å². The molecule has 0 bridgehead atoms. The number of nitrogens with one attached hydrogen (secondary N) is 2. The van der Waals surface area contributed by atoms with Crippen molar-refractivity contribution in [1.82, 2.24) is 9.97 Å². The first-order chi connectivity index (χ1) is 12.4. The Kier molecular flexibility index (Phi) is 4.16. The number of para-hydroxylation sites is 4. The molecule has 122 valence electrons. The van der Waals surface area contributed by atoms with E-state index in [1.807, 2.05) is 73.1 Å². The van der Waals surface area contributed by atoms with E-state index in [0.717, 1.165) is 28.4 Å². The van der Waals surface area contributed by atoms with Crippen LogP contribution in [-0.2, 0) is 0 Å². The molecule has 1 heterocycles. The van der Waals surface area contributed by atoms with Crippen LogP contribution < -0.4 is 10.2 Å². The Morgan fingerprint density at radius 3 is 2.00 bits per heavy atom. The van der Waals surface area contributed by atoms with Crippen molar-refractivity contribution in [3.63, 3.8) is 0 Å². The van der Waals surface area contributed by atoms with Crippen molar-refractivity contribution in [1.29, 1.82) is 0 Å². The molecule has 25 heavy (non-hydrogen) atoms. The smallest absolute Gasteiger partial charge is 0.205 e. The molecule has 2 N–H and O–H groups in total. The Balaban J connectivity index is 1.59. The molecule has 0 spiro atoms. The Morgan fingerprint density at radius 1 is 0.760 bits per heavy atom. The maximum Gasteiger partial charge on any atom is 0.205 e. The van der Waals surface area contributed by atoms with E-state index < -0.39 is 0 Å². The highest BCUT2D eigenvalue weighted by atomic mass is 15.1. The number of aromatic nitrogens is 2. The Hall–Kier alpha value is -3.53. The Morgan fingerprint density at radius 2 is 1.36 bits per heavy atom. The van der Waals surface area contributed by atoms with E-state index in [2.05, 4.69) is 44.5 Å². The molecule has 0 radical (unpaired) electrons. The fourth-order valence-corrected chi connectivity index (χ4v) is 2.71. The van der Waals surface area contributed by atoms with Gasteiger partial charge in [0, 0.05) is 23.8 Å². The molecule has 0 unspecified atom stereocenters. The highest BCUT2D eigenvalue weighted by molar-refractivity contribution is 5.77. The number of hydrogen-bond donors (Lipinski definition) is 2. The maximum atomic E-state index is 4.52. The summed E-state index contributed by atoms with van der Waals surface area (Å²) in [6, 6.07) is 28.5. The first kappa shape index (κ1) is 15.0. The van der Waals surface area contributed by atoms with E-state index >= 15 is 0 Å². The molecule has 4 rings (SSSR count). The normalized spacial score (nSPS) is 11.0. The molecule has 0 fully saturated rings. The van der Waals surface area contributed by atoms with Gasteiger partial charge in [-0.3, -0.25) is 0 Å². The number of anilines is 3. The summed E-state index contributed by atoms with van der Waals surface area (Å²) in [4.78, 5) is 9.90. The lowest BCUT2D eigenvalue weighted by Gasteiger charge is -2.20. The third-order valence-electron chi connectivity index (χ3n) is 3.90. The Bertz CT molecular complexity index is 902. The summed E-state index contributed by atoms with van der Waals surface area (Å²) in [5.74, 6) is 0.721. The maximum absolute atomic E-state index is 4.52. The van der Waals surface area contributed by atoms with E-state index in [9.17, 15) is 0 Å². The van der Waals surface area contributed by atoms with Crippen LogP contribution in [0.2, 0.25) is 0 Å². The molecule has 4 heteroatoms. The topological polar surface area (TPSA) is 44.0 Å². The fraction of sp³-hybridized carbons (Fsp3) is 0. The lowest BCUT2D eigenvalue weighted by molar-refractivity contribution is 1.25. The number of imidazole rings is 1. The molecule has 4 aromatic rings. The van der Waals surface area contributed by atoms with Gasteiger partial charge in [0.2, 0.25) is 5.95 Å². The van der Waals surface area contributed by atoms with Crippen LogP contribution in [0.25, 0.3) is 11.0 Å². The number of rotatable bonds is 5. The predicted octanol–water partition coefficient (Wildman–Crippen LogP) is 5.28. The molecule has 0 aliphatic rings. The van der Waals surface area contributed by atoms with Crippen molar-refractivity contribution < 1.29 is 0 Å². The number of nitrogens with zero attached hydrogens (tertiary/aromatic N) is 2. The van der Waals surface area contributed by atoms with Crippen LogP contribution in [0.3, 0.4) is 0 Å². The SMILES string of the molecule is C(=C\N(c1ccccc1)c1ccccc1)/Nc1nc2ccccc2[nH]1. The molecule has 0 aliphatic heterocycles. The number of benzene rings is 3. The molecule has 0 atom stereocenters. The fourth-order valence-electron chi connectivity index (χ4n) is 2.71. The van der Waals surface area contributed by atoms with Crippen molar-refractivity contribution in [3.05, 3.63) is 97.3 Å². The molecule has 3 aromatic carbocycles. The summed E-state index contributed by atoms with van der Waals surface area (Å²) in [5, 5.41) is 3.22. The van der Waals surface area contributed by atoms with Crippen molar-refractivity contribution in [2.75, 3.05) is 10.2 Å². The van der Waals surface area contributed by atoms with Crippen LogP contribution in [-0.4, -0.2) is 9.97 Å². The summed E-state index contributed by atoms with van der Waals surface area (Å²) in [6.45, 7) is 0. The molecular formula is C21H18N4. The van der Waals surface area contributed by atoms with E-state index in [-0.39, 0.29) is 0 Å². The van der Waals surface area contributed by atoms with E-state index in [1.165, 1.54) is 0 Å². The molecule has 1 aromatic heterocycles. The zero-order valence-electron chi connectivity index (χ0n) is 13.6. The quantitative estimate of drug-likeness (QED) is 0.524. The summed E-state index contributed by atoms with van der Waals surface area (Å²) < 4.78 is 0. The van der Waals surface area contributed by atoms with E-state index in [0.29, 0.717) is 0 Å². The van der Waals surface area contributed by atoms with Crippen LogP contribution in [0.1, 0.15) is 0 Å². The largest absolute Gasteiger partial charge is 0.331 e. The van der Waals surface area contributed by atoms with Crippen LogP contribution in [0.4, 0.5) is 17.3 Å². The second kappa shape index (κ2) is 6.93. The van der Waals surface area contributed by atoms with Gasteiger partial charge in [0.05, 0.1) is 11.0 Å².